The van der Waals surface area contributed by atoms with Gasteiger partial charge in [0.05, 0.1) is 0 Å². The molecule has 1 amide bonds. The standard InChI is InChI=1S/C30H46N2O3Si/c1-22(2)18-24(28(33)32-27(19-23(3)4)29(34)35-30(5,6)7)20-36(21-31,25-14-10-8-11-15-25)26-16-12-9-13-17-26/h8-17,22-24,27H,18-21,31H2,1-7H3,(H,32,33)/t24-,27+/m1/s1. The van der Waals surface area contributed by atoms with Crippen molar-refractivity contribution in [2.75, 3.05) is 6.17 Å². The summed E-state index contributed by atoms with van der Waals surface area (Å²) in [6, 6.07) is 20.8. The average molecular weight is 511 g/mol. The van der Waals surface area contributed by atoms with E-state index >= 15 is 0 Å². The molecular formula is C30H46N2O3Si. The fourth-order valence-electron chi connectivity index (χ4n) is 4.86. The van der Waals surface area contributed by atoms with E-state index < -0.39 is 19.7 Å². The lowest BCUT2D eigenvalue weighted by molar-refractivity contribution is -0.159. The zero-order chi connectivity index (χ0) is 26.9. The maximum atomic E-state index is 13.9. The van der Waals surface area contributed by atoms with Gasteiger partial charge in [0.2, 0.25) is 5.91 Å². The molecule has 3 N–H and O–H groups in total. The minimum absolute atomic E-state index is 0.0857. The van der Waals surface area contributed by atoms with Crippen LogP contribution >= 0.6 is 0 Å². The molecule has 0 aliphatic heterocycles. The number of esters is 1. The molecule has 2 atom stereocenters. The van der Waals surface area contributed by atoms with E-state index in [1.807, 2.05) is 71.0 Å². The molecule has 2 aromatic carbocycles. The van der Waals surface area contributed by atoms with Crippen LogP contribution in [-0.2, 0) is 14.3 Å². The smallest absolute Gasteiger partial charge is 0.329 e. The summed E-state index contributed by atoms with van der Waals surface area (Å²) in [5.41, 5.74) is 5.98. The van der Waals surface area contributed by atoms with E-state index in [1.165, 1.54) is 10.4 Å². The number of rotatable bonds is 12. The van der Waals surface area contributed by atoms with Crippen LogP contribution < -0.4 is 21.4 Å². The first-order valence-corrected chi connectivity index (χ1v) is 15.6. The Morgan fingerprint density at radius 1 is 0.861 bits per heavy atom. The van der Waals surface area contributed by atoms with E-state index in [2.05, 4.69) is 43.4 Å². The van der Waals surface area contributed by atoms with Crippen molar-refractivity contribution in [2.45, 2.75) is 79.0 Å². The van der Waals surface area contributed by atoms with Crippen molar-refractivity contribution >= 4 is 30.3 Å². The SMILES string of the molecule is CC(C)C[C@H](C[Si](CN)(c1ccccc1)c1ccccc1)C(=O)N[C@@H](CC(C)C)C(=O)OC(C)(C)C. The predicted molar refractivity (Wildman–Crippen MR) is 152 cm³/mol. The van der Waals surface area contributed by atoms with Gasteiger partial charge in [-0.2, -0.15) is 0 Å². The zero-order valence-corrected chi connectivity index (χ0v) is 24.2. The van der Waals surface area contributed by atoms with Gasteiger partial charge in [-0.25, -0.2) is 4.79 Å². The topological polar surface area (TPSA) is 81.4 Å². The largest absolute Gasteiger partial charge is 0.458 e. The van der Waals surface area contributed by atoms with Crippen LogP contribution in [0.3, 0.4) is 0 Å². The summed E-state index contributed by atoms with van der Waals surface area (Å²) in [6.07, 6.45) is 1.76. The number of nitrogens with two attached hydrogens (primary N) is 1. The molecule has 198 valence electrons. The van der Waals surface area contributed by atoms with Gasteiger partial charge in [0.1, 0.15) is 19.7 Å². The third kappa shape index (κ3) is 8.59. The first kappa shape index (κ1) is 29.8. The molecule has 0 saturated carbocycles. The number of ether oxygens (including phenoxy) is 1. The molecule has 36 heavy (non-hydrogen) atoms. The van der Waals surface area contributed by atoms with Gasteiger partial charge in [-0.05, 0) is 57.7 Å². The van der Waals surface area contributed by atoms with E-state index in [0.717, 1.165) is 6.42 Å². The van der Waals surface area contributed by atoms with Crippen molar-refractivity contribution in [2.24, 2.45) is 23.5 Å². The van der Waals surface area contributed by atoms with Gasteiger partial charge in [0, 0.05) is 5.92 Å². The molecule has 0 unspecified atom stereocenters. The molecule has 0 spiro atoms. The monoisotopic (exact) mass is 510 g/mol. The van der Waals surface area contributed by atoms with Gasteiger partial charge in [0.25, 0.3) is 0 Å². The number of carbonyl (C=O) groups is 2. The van der Waals surface area contributed by atoms with Crippen molar-refractivity contribution in [3.63, 3.8) is 0 Å². The number of carbonyl (C=O) groups excluding carboxylic acids is 2. The second-order valence-corrected chi connectivity index (χ2v) is 15.9. The number of amides is 1. The molecule has 2 rings (SSSR count). The molecule has 0 heterocycles. The van der Waals surface area contributed by atoms with Gasteiger partial charge in [-0.3, -0.25) is 4.79 Å². The Kier molecular flexibility index (Phi) is 10.9. The summed E-state index contributed by atoms with van der Waals surface area (Å²) in [6.45, 7) is 13.9. The van der Waals surface area contributed by atoms with Crippen LogP contribution in [0.5, 0.6) is 0 Å². The Labute approximate surface area is 219 Å². The Bertz CT molecular complexity index is 916. The highest BCUT2D eigenvalue weighted by molar-refractivity contribution is 7.02. The van der Waals surface area contributed by atoms with Crippen LogP contribution in [0.2, 0.25) is 6.04 Å². The van der Waals surface area contributed by atoms with Crippen LogP contribution in [0.4, 0.5) is 0 Å². The van der Waals surface area contributed by atoms with Crippen LogP contribution in [0.1, 0.15) is 61.3 Å². The van der Waals surface area contributed by atoms with Crippen molar-refractivity contribution in [1.82, 2.24) is 5.32 Å². The molecule has 0 saturated heterocycles. The first-order valence-electron chi connectivity index (χ1n) is 13.2. The summed E-state index contributed by atoms with van der Waals surface area (Å²) in [7, 11) is -2.46. The molecule has 0 aromatic heterocycles. The quantitative estimate of drug-likeness (QED) is 0.330. The summed E-state index contributed by atoms with van der Waals surface area (Å²) in [4.78, 5) is 26.9. The molecule has 0 aliphatic rings. The van der Waals surface area contributed by atoms with Crippen LogP contribution in [0.15, 0.2) is 60.7 Å². The lowest BCUT2D eigenvalue weighted by Gasteiger charge is -2.36. The van der Waals surface area contributed by atoms with Crippen LogP contribution in [-0.4, -0.2) is 37.8 Å². The molecule has 0 fully saturated rings. The molecule has 5 nitrogen and oxygen atoms in total. The second kappa shape index (κ2) is 13.2. The fourth-order valence-corrected chi connectivity index (χ4v) is 9.15. The number of hydrogen-bond donors (Lipinski definition) is 2. The fraction of sp³-hybridized carbons (Fsp3) is 0.533. The maximum absolute atomic E-state index is 13.9. The molecular weight excluding hydrogens is 464 g/mol. The highest BCUT2D eigenvalue weighted by atomic mass is 28.3. The Morgan fingerprint density at radius 2 is 1.33 bits per heavy atom. The Morgan fingerprint density at radius 3 is 1.72 bits per heavy atom. The number of benzene rings is 2. The van der Waals surface area contributed by atoms with Crippen molar-refractivity contribution < 1.29 is 14.3 Å². The molecule has 0 bridgehead atoms. The van der Waals surface area contributed by atoms with Gasteiger partial charge in [-0.15, -0.1) is 0 Å². The van der Waals surface area contributed by atoms with Crippen molar-refractivity contribution in [1.29, 1.82) is 0 Å². The van der Waals surface area contributed by atoms with E-state index in [-0.39, 0.29) is 23.7 Å². The molecule has 0 aliphatic carbocycles. The van der Waals surface area contributed by atoms with Crippen LogP contribution in [0.25, 0.3) is 0 Å². The molecule has 2 aromatic rings. The minimum atomic E-state index is -2.46. The normalized spacial score (nSPS) is 13.9. The lowest BCUT2D eigenvalue weighted by atomic mass is 9.96. The van der Waals surface area contributed by atoms with E-state index in [9.17, 15) is 9.59 Å². The highest BCUT2D eigenvalue weighted by Crippen LogP contribution is 2.25. The molecule has 6 heteroatoms. The number of nitrogens with one attached hydrogen (secondary N) is 1. The summed E-state index contributed by atoms with van der Waals surface area (Å²) >= 11 is 0. The average Bonchev–Trinajstić information content (AvgIpc) is 2.81. The lowest BCUT2D eigenvalue weighted by Crippen LogP contribution is -2.65. The predicted octanol–water partition coefficient (Wildman–Crippen LogP) is 4.28. The maximum Gasteiger partial charge on any atom is 0.329 e. The first-order chi connectivity index (χ1) is 16.9. The third-order valence-electron chi connectivity index (χ3n) is 6.44. The highest BCUT2D eigenvalue weighted by Gasteiger charge is 2.41. The zero-order valence-electron chi connectivity index (χ0n) is 23.2. The number of hydrogen-bond acceptors (Lipinski definition) is 4. The second-order valence-electron chi connectivity index (χ2n) is 11.8. The summed E-state index contributed by atoms with van der Waals surface area (Å²) in [5, 5.41) is 5.55. The summed E-state index contributed by atoms with van der Waals surface area (Å²) < 4.78 is 5.66. The van der Waals surface area contributed by atoms with Gasteiger partial charge in [-0.1, -0.05) is 98.7 Å². The van der Waals surface area contributed by atoms with E-state index in [4.69, 9.17) is 10.5 Å². The van der Waals surface area contributed by atoms with Crippen molar-refractivity contribution in [3.8, 4) is 0 Å². The van der Waals surface area contributed by atoms with Crippen molar-refractivity contribution in [3.05, 3.63) is 60.7 Å². The van der Waals surface area contributed by atoms with Gasteiger partial charge in [0.15, 0.2) is 0 Å². The summed E-state index contributed by atoms with van der Waals surface area (Å²) in [5.74, 6) is -0.171. The third-order valence-corrected chi connectivity index (χ3v) is 11.2. The Hall–Kier alpha value is -2.44. The van der Waals surface area contributed by atoms with E-state index in [1.54, 1.807) is 0 Å². The van der Waals surface area contributed by atoms with Gasteiger partial charge >= 0.3 is 5.97 Å². The van der Waals surface area contributed by atoms with E-state index in [0.29, 0.717) is 24.6 Å². The molecule has 0 radical (unpaired) electrons. The van der Waals surface area contributed by atoms with Crippen LogP contribution in [0, 0.1) is 17.8 Å². The van der Waals surface area contributed by atoms with Gasteiger partial charge < -0.3 is 15.8 Å². The Balaban J connectivity index is 2.45. The minimum Gasteiger partial charge on any atom is -0.458 e.